The summed E-state index contributed by atoms with van der Waals surface area (Å²) < 4.78 is 0. The first kappa shape index (κ1) is 18.3. The number of carbonyl (C=O) groups is 1. The molecule has 1 heterocycles. The van der Waals surface area contributed by atoms with E-state index in [0.717, 1.165) is 45.1 Å². The van der Waals surface area contributed by atoms with Crippen molar-refractivity contribution in [3.05, 3.63) is 35.9 Å². The number of hydrogen-bond donors (Lipinski definition) is 1. The summed E-state index contributed by atoms with van der Waals surface area (Å²) in [6.45, 7) is 3.14. The molecule has 2 N–H and O–H groups in total. The summed E-state index contributed by atoms with van der Waals surface area (Å²) in [7, 11) is 0. The molecule has 0 bridgehead atoms. The van der Waals surface area contributed by atoms with E-state index in [0.29, 0.717) is 17.9 Å². The van der Waals surface area contributed by atoms with Gasteiger partial charge in [0.1, 0.15) is 0 Å². The average Bonchev–Trinajstić information content (AvgIpc) is 2.89. The molecule has 4 unspecified atom stereocenters. The third-order valence-corrected chi connectivity index (χ3v) is 5.60. The molecule has 1 amide bonds. The molecule has 23 heavy (non-hydrogen) atoms. The van der Waals surface area contributed by atoms with Crippen LogP contribution in [-0.4, -0.2) is 29.4 Å². The standard InChI is InChI=1S/C19H28N2O.ClH/c1-14-16(12-15-6-3-2-4-7-15)10-11-21(14)19(22)17-8-5-9-18(20)13-17;/h2-4,6-7,14,16-18H,5,8-13,20H2,1H3;1H. The van der Waals surface area contributed by atoms with Gasteiger partial charge in [0.05, 0.1) is 0 Å². The molecule has 128 valence electrons. The molecule has 2 aliphatic rings. The molecule has 0 radical (unpaired) electrons. The summed E-state index contributed by atoms with van der Waals surface area (Å²) in [5.41, 5.74) is 7.44. The number of nitrogens with two attached hydrogens (primary N) is 1. The molecule has 1 aromatic carbocycles. The van der Waals surface area contributed by atoms with Gasteiger partial charge >= 0.3 is 0 Å². The van der Waals surface area contributed by atoms with E-state index in [4.69, 9.17) is 5.73 Å². The van der Waals surface area contributed by atoms with Gasteiger partial charge in [-0.15, -0.1) is 12.4 Å². The Kier molecular flexibility index (Phi) is 6.49. The van der Waals surface area contributed by atoms with Crippen LogP contribution >= 0.6 is 12.4 Å². The van der Waals surface area contributed by atoms with Crippen LogP contribution in [0.25, 0.3) is 0 Å². The van der Waals surface area contributed by atoms with Crippen LogP contribution in [0.4, 0.5) is 0 Å². The third kappa shape index (κ3) is 4.27. The molecule has 2 fully saturated rings. The maximum absolute atomic E-state index is 12.8. The van der Waals surface area contributed by atoms with Gasteiger partial charge in [0.15, 0.2) is 0 Å². The van der Waals surface area contributed by atoms with Crippen molar-refractivity contribution in [2.24, 2.45) is 17.6 Å². The van der Waals surface area contributed by atoms with E-state index < -0.39 is 0 Å². The molecule has 0 spiro atoms. The Morgan fingerprint density at radius 1 is 1.22 bits per heavy atom. The molecule has 4 atom stereocenters. The highest BCUT2D eigenvalue weighted by Gasteiger charge is 2.37. The lowest BCUT2D eigenvalue weighted by Gasteiger charge is -2.32. The second kappa shape index (κ2) is 8.16. The van der Waals surface area contributed by atoms with Crippen molar-refractivity contribution in [1.82, 2.24) is 4.90 Å². The van der Waals surface area contributed by atoms with E-state index in [1.165, 1.54) is 5.56 Å². The normalized spacial score (nSPS) is 30.8. The molecular weight excluding hydrogens is 308 g/mol. The molecule has 0 aromatic heterocycles. The zero-order valence-electron chi connectivity index (χ0n) is 14.0. The molecule has 1 aromatic rings. The lowest BCUT2D eigenvalue weighted by Crippen LogP contribution is -2.43. The Balaban J connectivity index is 0.00000192. The summed E-state index contributed by atoms with van der Waals surface area (Å²) in [6, 6.07) is 11.2. The fourth-order valence-corrected chi connectivity index (χ4v) is 4.19. The number of likely N-dealkylation sites (tertiary alicyclic amines) is 1. The summed E-state index contributed by atoms with van der Waals surface area (Å²) in [6.07, 6.45) is 6.30. The first-order chi connectivity index (χ1) is 10.6. The Morgan fingerprint density at radius 2 is 1.96 bits per heavy atom. The van der Waals surface area contributed by atoms with Gasteiger partial charge in [0, 0.05) is 24.5 Å². The molecule has 1 aliphatic heterocycles. The van der Waals surface area contributed by atoms with Crippen molar-refractivity contribution in [2.75, 3.05) is 6.54 Å². The number of carbonyl (C=O) groups excluding carboxylic acids is 1. The molecule has 3 nitrogen and oxygen atoms in total. The van der Waals surface area contributed by atoms with Gasteiger partial charge in [-0.1, -0.05) is 36.8 Å². The summed E-state index contributed by atoms with van der Waals surface area (Å²) in [4.78, 5) is 15.0. The van der Waals surface area contributed by atoms with Crippen LogP contribution in [0.3, 0.4) is 0 Å². The Morgan fingerprint density at radius 3 is 2.65 bits per heavy atom. The Bertz CT molecular complexity index is 507. The van der Waals surface area contributed by atoms with Crippen molar-refractivity contribution in [2.45, 2.75) is 57.5 Å². The van der Waals surface area contributed by atoms with Crippen molar-refractivity contribution in [3.8, 4) is 0 Å². The highest BCUT2D eigenvalue weighted by Crippen LogP contribution is 2.32. The maximum atomic E-state index is 12.8. The predicted octanol–water partition coefficient (Wildman–Crippen LogP) is 3.41. The number of hydrogen-bond acceptors (Lipinski definition) is 2. The van der Waals surface area contributed by atoms with Crippen molar-refractivity contribution in [3.63, 3.8) is 0 Å². The van der Waals surface area contributed by atoms with Crippen LogP contribution < -0.4 is 5.73 Å². The predicted molar refractivity (Wildman–Crippen MR) is 96.6 cm³/mol. The fraction of sp³-hybridized carbons (Fsp3) is 0.632. The number of halogens is 1. The largest absolute Gasteiger partial charge is 0.339 e. The quantitative estimate of drug-likeness (QED) is 0.919. The van der Waals surface area contributed by atoms with Gasteiger partial charge in [0.25, 0.3) is 0 Å². The monoisotopic (exact) mass is 336 g/mol. The number of nitrogens with zero attached hydrogens (tertiary/aromatic N) is 1. The highest BCUT2D eigenvalue weighted by molar-refractivity contribution is 5.85. The molecular formula is C19H29ClN2O. The molecule has 1 aliphatic carbocycles. The fourth-order valence-electron chi connectivity index (χ4n) is 4.19. The van der Waals surface area contributed by atoms with E-state index in [2.05, 4.69) is 42.2 Å². The van der Waals surface area contributed by atoms with Crippen LogP contribution in [0.2, 0.25) is 0 Å². The average molecular weight is 337 g/mol. The highest BCUT2D eigenvalue weighted by atomic mass is 35.5. The molecule has 1 saturated heterocycles. The van der Waals surface area contributed by atoms with Crippen molar-refractivity contribution < 1.29 is 4.79 Å². The van der Waals surface area contributed by atoms with Crippen molar-refractivity contribution in [1.29, 1.82) is 0 Å². The van der Waals surface area contributed by atoms with Crippen LogP contribution in [0.1, 0.15) is 44.6 Å². The summed E-state index contributed by atoms with van der Waals surface area (Å²) in [5, 5.41) is 0. The van der Waals surface area contributed by atoms with Gasteiger partial charge in [0.2, 0.25) is 5.91 Å². The second-order valence-electron chi connectivity index (χ2n) is 7.13. The lowest BCUT2D eigenvalue weighted by molar-refractivity contribution is -0.137. The minimum atomic E-state index is 0. The second-order valence-corrected chi connectivity index (χ2v) is 7.13. The van der Waals surface area contributed by atoms with E-state index in [1.807, 2.05) is 0 Å². The van der Waals surface area contributed by atoms with Gasteiger partial charge < -0.3 is 10.6 Å². The van der Waals surface area contributed by atoms with Crippen LogP contribution in [0.15, 0.2) is 30.3 Å². The molecule has 1 saturated carbocycles. The van der Waals surface area contributed by atoms with Gasteiger partial charge in [-0.05, 0) is 50.5 Å². The third-order valence-electron chi connectivity index (χ3n) is 5.60. The van der Waals surface area contributed by atoms with E-state index in [9.17, 15) is 4.79 Å². The van der Waals surface area contributed by atoms with Gasteiger partial charge in [-0.3, -0.25) is 4.79 Å². The molecule has 3 rings (SSSR count). The van der Waals surface area contributed by atoms with Crippen molar-refractivity contribution >= 4 is 18.3 Å². The van der Waals surface area contributed by atoms with Crippen LogP contribution in [0.5, 0.6) is 0 Å². The number of amides is 1. The van der Waals surface area contributed by atoms with Gasteiger partial charge in [-0.25, -0.2) is 0 Å². The zero-order chi connectivity index (χ0) is 15.5. The summed E-state index contributed by atoms with van der Waals surface area (Å²) >= 11 is 0. The SMILES string of the molecule is CC1C(Cc2ccccc2)CCN1C(=O)C1CCCC(N)C1.Cl. The zero-order valence-corrected chi connectivity index (χ0v) is 14.8. The lowest BCUT2D eigenvalue weighted by atomic mass is 9.85. The van der Waals surface area contributed by atoms with Crippen LogP contribution in [-0.2, 0) is 11.2 Å². The minimum Gasteiger partial charge on any atom is -0.339 e. The number of benzene rings is 1. The van der Waals surface area contributed by atoms with E-state index in [-0.39, 0.29) is 24.4 Å². The Labute approximate surface area is 146 Å². The van der Waals surface area contributed by atoms with E-state index >= 15 is 0 Å². The first-order valence-electron chi connectivity index (χ1n) is 8.75. The Hall–Kier alpha value is -1.06. The van der Waals surface area contributed by atoms with E-state index in [1.54, 1.807) is 0 Å². The number of rotatable bonds is 3. The topological polar surface area (TPSA) is 46.3 Å². The minimum absolute atomic E-state index is 0. The first-order valence-corrected chi connectivity index (χ1v) is 8.75. The van der Waals surface area contributed by atoms with Crippen LogP contribution in [0, 0.1) is 11.8 Å². The summed E-state index contributed by atoms with van der Waals surface area (Å²) in [5.74, 6) is 1.11. The van der Waals surface area contributed by atoms with Gasteiger partial charge in [-0.2, -0.15) is 0 Å². The smallest absolute Gasteiger partial charge is 0.225 e. The maximum Gasteiger partial charge on any atom is 0.225 e. The molecule has 4 heteroatoms.